The average Bonchev–Trinajstić information content (AvgIpc) is 2.01. The van der Waals surface area contributed by atoms with Gasteiger partial charge in [0.15, 0.2) is 0 Å². The van der Waals surface area contributed by atoms with Crippen LogP contribution in [0.15, 0.2) is 11.6 Å². The van der Waals surface area contributed by atoms with Gasteiger partial charge in [-0.1, -0.05) is 13.0 Å². The zero-order valence-corrected chi connectivity index (χ0v) is 7.41. The van der Waals surface area contributed by atoms with Crippen LogP contribution in [0.3, 0.4) is 0 Å². The molecule has 0 aromatic heterocycles. The summed E-state index contributed by atoms with van der Waals surface area (Å²) in [7, 11) is 0. The number of carboxylic acid groups (broad SMARTS) is 1. The van der Waals surface area contributed by atoms with Crippen LogP contribution in [0.2, 0.25) is 0 Å². The molecule has 1 N–H and O–H groups in total. The van der Waals surface area contributed by atoms with Gasteiger partial charge in [-0.25, -0.2) is 4.79 Å². The lowest BCUT2D eigenvalue weighted by Gasteiger charge is -2.33. The highest BCUT2D eigenvalue weighted by molar-refractivity contribution is 5.85. The van der Waals surface area contributed by atoms with Crippen molar-refractivity contribution >= 4 is 5.97 Å². The molecule has 0 aromatic carbocycles. The van der Waals surface area contributed by atoms with Gasteiger partial charge in [0.05, 0.1) is 12.7 Å². The Morgan fingerprint density at radius 2 is 2.42 bits per heavy atom. The maximum Gasteiger partial charge on any atom is 0.330 e. The Bertz CT molecular complexity index is 208. The maximum atomic E-state index is 10.4. The highest BCUT2D eigenvalue weighted by atomic mass is 16.5. The Hall–Kier alpha value is -0.830. The van der Waals surface area contributed by atoms with Gasteiger partial charge in [-0.2, -0.15) is 0 Å². The fourth-order valence-corrected chi connectivity index (χ4v) is 1.11. The van der Waals surface area contributed by atoms with Gasteiger partial charge in [-0.15, -0.1) is 0 Å². The summed E-state index contributed by atoms with van der Waals surface area (Å²) in [6, 6.07) is 0. The summed E-state index contributed by atoms with van der Waals surface area (Å²) in [5, 5.41) is 8.54. The number of hydrogen-bond donors (Lipinski definition) is 1. The SMILES string of the molecule is CC(=CCC1OCC1C)C(=O)O. The predicted molar refractivity (Wildman–Crippen MR) is 44.9 cm³/mol. The third kappa shape index (κ3) is 2.08. The summed E-state index contributed by atoms with van der Waals surface area (Å²) in [6.07, 6.45) is 2.68. The molecule has 1 rings (SSSR count). The largest absolute Gasteiger partial charge is 0.478 e. The van der Waals surface area contributed by atoms with E-state index >= 15 is 0 Å². The normalized spacial score (nSPS) is 29.7. The fourth-order valence-electron chi connectivity index (χ4n) is 1.11. The Morgan fingerprint density at radius 3 is 2.75 bits per heavy atom. The van der Waals surface area contributed by atoms with E-state index in [1.54, 1.807) is 13.0 Å². The van der Waals surface area contributed by atoms with Gasteiger partial charge < -0.3 is 9.84 Å². The molecule has 1 aliphatic rings. The molecule has 1 saturated heterocycles. The summed E-state index contributed by atoms with van der Waals surface area (Å²) in [5.74, 6) is -0.273. The van der Waals surface area contributed by atoms with E-state index in [1.807, 2.05) is 0 Å². The molecule has 0 aromatic rings. The van der Waals surface area contributed by atoms with Crippen molar-refractivity contribution < 1.29 is 14.6 Å². The average molecular weight is 170 g/mol. The van der Waals surface area contributed by atoms with Gasteiger partial charge in [0, 0.05) is 11.5 Å². The molecule has 2 unspecified atom stereocenters. The van der Waals surface area contributed by atoms with Crippen molar-refractivity contribution in [3.63, 3.8) is 0 Å². The number of carboxylic acids is 1. The number of ether oxygens (including phenoxy) is 1. The fraction of sp³-hybridized carbons (Fsp3) is 0.667. The van der Waals surface area contributed by atoms with Crippen molar-refractivity contribution in [3.05, 3.63) is 11.6 Å². The van der Waals surface area contributed by atoms with Crippen molar-refractivity contribution in [1.82, 2.24) is 0 Å². The van der Waals surface area contributed by atoms with Gasteiger partial charge >= 0.3 is 5.97 Å². The van der Waals surface area contributed by atoms with Crippen molar-refractivity contribution in [2.75, 3.05) is 6.61 Å². The van der Waals surface area contributed by atoms with E-state index in [0.29, 0.717) is 11.5 Å². The first-order valence-corrected chi connectivity index (χ1v) is 4.13. The van der Waals surface area contributed by atoms with E-state index in [-0.39, 0.29) is 6.10 Å². The molecule has 68 valence electrons. The molecule has 0 amide bonds. The third-order valence-electron chi connectivity index (χ3n) is 2.20. The monoisotopic (exact) mass is 170 g/mol. The Kier molecular flexibility index (Phi) is 2.87. The molecule has 0 saturated carbocycles. The van der Waals surface area contributed by atoms with E-state index in [9.17, 15) is 4.79 Å². The van der Waals surface area contributed by atoms with E-state index < -0.39 is 5.97 Å². The number of carbonyl (C=O) groups is 1. The van der Waals surface area contributed by atoms with Crippen molar-refractivity contribution in [3.8, 4) is 0 Å². The highest BCUT2D eigenvalue weighted by Crippen LogP contribution is 2.23. The molecular formula is C9H14O3. The number of rotatable bonds is 3. The minimum atomic E-state index is -0.845. The van der Waals surface area contributed by atoms with Crippen LogP contribution in [0.5, 0.6) is 0 Å². The molecule has 0 spiro atoms. The summed E-state index contributed by atoms with van der Waals surface area (Å²) in [5.41, 5.74) is 0.401. The van der Waals surface area contributed by atoms with Gasteiger partial charge in [-0.05, 0) is 13.3 Å². The lowest BCUT2D eigenvalue weighted by atomic mass is 9.97. The minimum absolute atomic E-state index is 0.235. The third-order valence-corrected chi connectivity index (χ3v) is 2.20. The predicted octanol–water partition coefficient (Wildman–Crippen LogP) is 1.44. The van der Waals surface area contributed by atoms with Crippen molar-refractivity contribution in [2.45, 2.75) is 26.4 Å². The van der Waals surface area contributed by atoms with Crippen LogP contribution in [0.4, 0.5) is 0 Å². The van der Waals surface area contributed by atoms with E-state index in [2.05, 4.69) is 6.92 Å². The molecule has 3 heteroatoms. The first kappa shape index (κ1) is 9.26. The number of hydrogen-bond acceptors (Lipinski definition) is 2. The molecule has 1 aliphatic heterocycles. The second-order valence-electron chi connectivity index (χ2n) is 3.28. The molecule has 0 radical (unpaired) electrons. The van der Waals surface area contributed by atoms with Crippen LogP contribution in [0.1, 0.15) is 20.3 Å². The molecular weight excluding hydrogens is 156 g/mol. The van der Waals surface area contributed by atoms with E-state index in [4.69, 9.17) is 9.84 Å². The molecule has 2 atom stereocenters. The van der Waals surface area contributed by atoms with Gasteiger partial charge in [0.25, 0.3) is 0 Å². The highest BCUT2D eigenvalue weighted by Gasteiger charge is 2.26. The van der Waals surface area contributed by atoms with Gasteiger partial charge in [-0.3, -0.25) is 0 Å². The molecule has 3 nitrogen and oxygen atoms in total. The van der Waals surface area contributed by atoms with Crippen LogP contribution >= 0.6 is 0 Å². The van der Waals surface area contributed by atoms with Crippen LogP contribution in [-0.4, -0.2) is 23.8 Å². The second-order valence-corrected chi connectivity index (χ2v) is 3.28. The zero-order chi connectivity index (χ0) is 9.14. The summed E-state index contributed by atoms with van der Waals surface area (Å²) in [4.78, 5) is 10.4. The maximum absolute atomic E-state index is 10.4. The van der Waals surface area contributed by atoms with Gasteiger partial charge in [0.2, 0.25) is 0 Å². The van der Waals surface area contributed by atoms with Crippen LogP contribution in [0.25, 0.3) is 0 Å². The van der Waals surface area contributed by atoms with E-state index in [1.165, 1.54) is 0 Å². The molecule has 12 heavy (non-hydrogen) atoms. The summed E-state index contributed by atoms with van der Waals surface area (Å²) >= 11 is 0. The zero-order valence-electron chi connectivity index (χ0n) is 7.41. The smallest absolute Gasteiger partial charge is 0.330 e. The molecule has 0 bridgehead atoms. The second kappa shape index (κ2) is 3.72. The number of aliphatic carboxylic acids is 1. The molecule has 1 heterocycles. The van der Waals surface area contributed by atoms with Crippen LogP contribution < -0.4 is 0 Å². The lowest BCUT2D eigenvalue weighted by Crippen LogP contribution is -2.37. The molecule has 0 aliphatic carbocycles. The van der Waals surface area contributed by atoms with Crippen LogP contribution in [0, 0.1) is 5.92 Å². The molecule has 1 fully saturated rings. The standard InChI is InChI=1S/C9H14O3/c1-6(9(10)11)3-4-8-7(2)5-12-8/h3,7-8H,4-5H2,1-2H3,(H,10,11). The van der Waals surface area contributed by atoms with Gasteiger partial charge in [0.1, 0.15) is 0 Å². The summed E-state index contributed by atoms with van der Waals surface area (Å²) < 4.78 is 5.24. The first-order valence-electron chi connectivity index (χ1n) is 4.13. The Labute approximate surface area is 72.0 Å². The first-order chi connectivity index (χ1) is 5.61. The van der Waals surface area contributed by atoms with Crippen molar-refractivity contribution in [2.24, 2.45) is 5.92 Å². The quantitative estimate of drug-likeness (QED) is 0.652. The minimum Gasteiger partial charge on any atom is -0.478 e. The Balaban J connectivity index is 2.33. The van der Waals surface area contributed by atoms with Crippen molar-refractivity contribution in [1.29, 1.82) is 0 Å². The topological polar surface area (TPSA) is 46.5 Å². The lowest BCUT2D eigenvalue weighted by molar-refractivity contribution is -0.132. The van der Waals surface area contributed by atoms with Crippen LogP contribution in [-0.2, 0) is 9.53 Å². The Morgan fingerprint density at radius 1 is 1.75 bits per heavy atom. The summed E-state index contributed by atoms with van der Waals surface area (Å²) in [6.45, 7) is 4.52. The van der Waals surface area contributed by atoms with E-state index in [0.717, 1.165) is 13.0 Å².